The molecule has 0 radical (unpaired) electrons. The van der Waals surface area contributed by atoms with Gasteiger partial charge in [-0.2, -0.15) is 0 Å². The number of carboxylic acids is 1. The molecule has 0 aliphatic heterocycles. The van der Waals surface area contributed by atoms with Gasteiger partial charge in [0.2, 0.25) is 0 Å². The average molecular weight is 395 g/mol. The van der Waals surface area contributed by atoms with Crippen LogP contribution in [0.5, 0.6) is 0 Å². The topological polar surface area (TPSA) is 96.4 Å². The molecule has 2 N–H and O–H groups in total. The molecule has 0 bridgehead atoms. The van der Waals surface area contributed by atoms with Crippen molar-refractivity contribution in [3.05, 3.63) is 38.3 Å². The number of aromatic nitrogens is 1. The van der Waals surface area contributed by atoms with E-state index in [1.54, 1.807) is 13.8 Å². The highest BCUT2D eigenvalue weighted by Crippen LogP contribution is 2.31. The van der Waals surface area contributed by atoms with Gasteiger partial charge in [0, 0.05) is 9.90 Å². The van der Waals surface area contributed by atoms with Crippen LogP contribution in [0.2, 0.25) is 10.0 Å². The molecule has 124 valence electrons. The number of benzene rings is 1. The lowest BCUT2D eigenvalue weighted by Crippen LogP contribution is -2.15. The van der Waals surface area contributed by atoms with Crippen LogP contribution >= 0.6 is 34.5 Å². The van der Waals surface area contributed by atoms with Crippen molar-refractivity contribution in [3.63, 3.8) is 0 Å². The molecular weight excluding hydrogens is 383 g/mol. The second-order valence-electron chi connectivity index (χ2n) is 4.73. The zero-order valence-electron chi connectivity index (χ0n) is 12.1. The fourth-order valence-corrected chi connectivity index (χ4v) is 5.23. The fraction of sp³-hybridized carbons (Fsp3) is 0.231. The Labute approximate surface area is 147 Å². The summed E-state index contributed by atoms with van der Waals surface area (Å²) in [4.78, 5) is 15.3. The highest BCUT2D eigenvalue weighted by molar-refractivity contribution is 7.93. The van der Waals surface area contributed by atoms with Crippen LogP contribution in [0.25, 0.3) is 0 Å². The van der Waals surface area contributed by atoms with Crippen LogP contribution in [0.1, 0.15) is 16.1 Å². The standard InChI is InChI=1S/C13H12Cl2N2O4S2/c1-6-3-8(14)4-9(15)12(6)23(20,21)17-13-16-10(5-11(18)19)7(2)22-13/h3-4H,5H2,1-2H3,(H,16,17)(H,18,19). The van der Waals surface area contributed by atoms with E-state index in [1.165, 1.54) is 12.1 Å². The van der Waals surface area contributed by atoms with Crippen molar-refractivity contribution in [2.75, 3.05) is 4.72 Å². The lowest BCUT2D eigenvalue weighted by molar-refractivity contribution is -0.136. The molecule has 2 aromatic rings. The van der Waals surface area contributed by atoms with E-state index >= 15 is 0 Å². The van der Waals surface area contributed by atoms with Gasteiger partial charge in [-0.05, 0) is 31.5 Å². The average Bonchev–Trinajstić information content (AvgIpc) is 2.65. The number of hydrogen-bond donors (Lipinski definition) is 2. The molecule has 0 atom stereocenters. The first-order valence-electron chi connectivity index (χ1n) is 6.26. The van der Waals surface area contributed by atoms with Gasteiger partial charge in [-0.25, -0.2) is 13.4 Å². The summed E-state index contributed by atoms with van der Waals surface area (Å²) >= 11 is 12.9. The molecule has 6 nitrogen and oxygen atoms in total. The second-order valence-corrected chi connectivity index (χ2v) is 8.40. The summed E-state index contributed by atoms with van der Waals surface area (Å²) in [6, 6.07) is 2.83. The van der Waals surface area contributed by atoms with Crippen LogP contribution in [-0.2, 0) is 21.2 Å². The molecule has 0 spiro atoms. The number of aliphatic carboxylic acids is 1. The van der Waals surface area contributed by atoms with Gasteiger partial charge in [0.25, 0.3) is 10.0 Å². The molecule has 23 heavy (non-hydrogen) atoms. The maximum atomic E-state index is 12.5. The van der Waals surface area contributed by atoms with E-state index in [4.69, 9.17) is 28.3 Å². The molecule has 0 saturated carbocycles. The molecule has 0 aliphatic rings. The van der Waals surface area contributed by atoms with Gasteiger partial charge >= 0.3 is 5.97 Å². The second kappa shape index (κ2) is 6.64. The predicted molar refractivity (Wildman–Crippen MR) is 90.2 cm³/mol. The number of sulfonamides is 1. The summed E-state index contributed by atoms with van der Waals surface area (Å²) in [6.07, 6.45) is -0.273. The molecule has 0 unspecified atom stereocenters. The molecule has 1 heterocycles. The number of anilines is 1. The van der Waals surface area contributed by atoms with Crippen LogP contribution in [0.15, 0.2) is 17.0 Å². The molecule has 0 amide bonds. The van der Waals surface area contributed by atoms with E-state index in [1.807, 2.05) is 0 Å². The minimum Gasteiger partial charge on any atom is -0.481 e. The maximum Gasteiger partial charge on any atom is 0.309 e. The summed E-state index contributed by atoms with van der Waals surface area (Å²) < 4.78 is 27.3. The van der Waals surface area contributed by atoms with Crippen molar-refractivity contribution in [1.82, 2.24) is 4.98 Å². The van der Waals surface area contributed by atoms with E-state index in [2.05, 4.69) is 9.71 Å². The third-order valence-corrected chi connectivity index (χ3v) is 6.12. The lowest BCUT2D eigenvalue weighted by Gasteiger charge is -2.10. The van der Waals surface area contributed by atoms with E-state index < -0.39 is 16.0 Å². The van der Waals surface area contributed by atoms with Crippen molar-refractivity contribution in [3.8, 4) is 0 Å². The Kier molecular flexibility index (Phi) is 5.20. The van der Waals surface area contributed by atoms with Gasteiger partial charge in [-0.3, -0.25) is 9.52 Å². The third-order valence-electron chi connectivity index (χ3n) is 2.90. The number of thiazole rings is 1. The minimum absolute atomic E-state index is 0.00142. The number of rotatable bonds is 5. The number of hydrogen-bond acceptors (Lipinski definition) is 5. The third kappa shape index (κ3) is 4.14. The van der Waals surface area contributed by atoms with E-state index in [0.717, 1.165) is 11.3 Å². The predicted octanol–water partition coefficient (Wildman–Crippen LogP) is 3.49. The van der Waals surface area contributed by atoms with Crippen LogP contribution in [0.3, 0.4) is 0 Å². The number of halogens is 2. The Balaban J connectivity index is 2.38. The minimum atomic E-state index is -3.96. The van der Waals surface area contributed by atoms with Gasteiger partial charge in [-0.15, -0.1) is 11.3 Å². The van der Waals surface area contributed by atoms with Gasteiger partial charge in [0.15, 0.2) is 5.13 Å². The number of nitrogens with zero attached hydrogens (tertiary/aromatic N) is 1. The monoisotopic (exact) mass is 394 g/mol. The van der Waals surface area contributed by atoms with Gasteiger partial charge < -0.3 is 5.11 Å². The number of nitrogens with one attached hydrogen (secondary N) is 1. The van der Waals surface area contributed by atoms with Crippen molar-refractivity contribution in [2.45, 2.75) is 25.2 Å². The van der Waals surface area contributed by atoms with Crippen LogP contribution in [0.4, 0.5) is 5.13 Å². The Hall–Kier alpha value is -1.35. The van der Waals surface area contributed by atoms with E-state index in [0.29, 0.717) is 21.2 Å². The van der Waals surface area contributed by atoms with Crippen molar-refractivity contribution < 1.29 is 18.3 Å². The van der Waals surface area contributed by atoms with Gasteiger partial charge in [0.1, 0.15) is 4.90 Å². The summed E-state index contributed by atoms with van der Waals surface area (Å²) in [5, 5.41) is 9.23. The zero-order valence-corrected chi connectivity index (χ0v) is 15.2. The van der Waals surface area contributed by atoms with Crippen LogP contribution in [-0.4, -0.2) is 24.5 Å². The first kappa shape index (κ1) is 18.0. The summed E-state index contributed by atoms with van der Waals surface area (Å²) in [6.45, 7) is 3.25. The quantitative estimate of drug-likeness (QED) is 0.808. The molecule has 0 saturated heterocycles. The molecule has 1 aromatic heterocycles. The molecule has 1 aromatic carbocycles. The Morgan fingerprint density at radius 1 is 1.35 bits per heavy atom. The first-order valence-corrected chi connectivity index (χ1v) is 9.32. The highest BCUT2D eigenvalue weighted by Gasteiger charge is 2.23. The van der Waals surface area contributed by atoms with Crippen LogP contribution < -0.4 is 4.72 Å². The molecule has 10 heteroatoms. The molecule has 0 aliphatic carbocycles. The number of aryl methyl sites for hydroxylation is 2. The Bertz CT molecular complexity index is 855. The van der Waals surface area contributed by atoms with Crippen molar-refractivity contribution in [1.29, 1.82) is 0 Å². The van der Waals surface area contributed by atoms with Gasteiger partial charge in [-0.1, -0.05) is 23.2 Å². The number of carboxylic acid groups (broad SMARTS) is 1. The van der Waals surface area contributed by atoms with E-state index in [-0.39, 0.29) is 21.5 Å². The van der Waals surface area contributed by atoms with Crippen molar-refractivity contribution >= 4 is 55.7 Å². The van der Waals surface area contributed by atoms with E-state index in [9.17, 15) is 13.2 Å². The Morgan fingerprint density at radius 3 is 2.57 bits per heavy atom. The Morgan fingerprint density at radius 2 is 2.00 bits per heavy atom. The highest BCUT2D eigenvalue weighted by atomic mass is 35.5. The largest absolute Gasteiger partial charge is 0.481 e. The molecule has 2 rings (SSSR count). The molecule has 0 fully saturated rings. The fourth-order valence-electron chi connectivity index (χ4n) is 1.97. The van der Waals surface area contributed by atoms with Gasteiger partial charge in [0.05, 0.1) is 17.1 Å². The van der Waals surface area contributed by atoms with Crippen molar-refractivity contribution in [2.24, 2.45) is 0 Å². The SMILES string of the molecule is Cc1cc(Cl)cc(Cl)c1S(=O)(=O)Nc1nc(CC(=O)O)c(C)s1. The number of carbonyl (C=O) groups is 1. The lowest BCUT2D eigenvalue weighted by atomic mass is 10.2. The first-order chi connectivity index (χ1) is 10.6. The zero-order chi connectivity index (χ0) is 17.4. The normalized spacial score (nSPS) is 11.5. The van der Waals surface area contributed by atoms with Crippen LogP contribution in [0, 0.1) is 13.8 Å². The summed E-state index contributed by atoms with van der Waals surface area (Å²) in [5.41, 5.74) is 0.716. The molecular formula is C13H12Cl2N2O4S2. The summed E-state index contributed by atoms with van der Waals surface area (Å²) in [5.74, 6) is -1.04. The summed E-state index contributed by atoms with van der Waals surface area (Å²) in [7, 11) is -3.96. The maximum absolute atomic E-state index is 12.5. The smallest absolute Gasteiger partial charge is 0.309 e.